The van der Waals surface area contributed by atoms with Gasteiger partial charge in [-0.1, -0.05) is 22.0 Å². The lowest BCUT2D eigenvalue weighted by atomic mass is 10.2. The highest BCUT2D eigenvalue weighted by Crippen LogP contribution is 2.29. The normalized spacial score (nSPS) is 11.0. The number of halogens is 1. The average molecular weight is 413 g/mol. The molecule has 0 aliphatic heterocycles. The van der Waals surface area contributed by atoms with Crippen LogP contribution in [0.2, 0.25) is 0 Å². The largest absolute Gasteiger partial charge is 0.495 e. The van der Waals surface area contributed by atoms with Crippen LogP contribution in [-0.2, 0) is 14.8 Å². The molecule has 8 heteroatoms. The Kier molecular flexibility index (Phi) is 5.51. The molecule has 0 spiro atoms. The van der Waals surface area contributed by atoms with Crippen molar-refractivity contribution >= 4 is 43.2 Å². The van der Waals surface area contributed by atoms with Gasteiger partial charge in [-0.25, -0.2) is 8.42 Å². The van der Waals surface area contributed by atoms with Gasteiger partial charge in [0.15, 0.2) is 0 Å². The summed E-state index contributed by atoms with van der Waals surface area (Å²) in [4.78, 5) is 11.3. The van der Waals surface area contributed by atoms with Crippen molar-refractivity contribution in [3.8, 4) is 5.75 Å². The highest BCUT2D eigenvalue weighted by molar-refractivity contribution is 9.10. The van der Waals surface area contributed by atoms with Gasteiger partial charge in [-0.3, -0.25) is 9.52 Å². The Balaban J connectivity index is 2.37. The zero-order valence-electron chi connectivity index (χ0n) is 13.4. The molecule has 0 unspecified atom stereocenters. The number of carbonyl (C=O) groups excluding carboxylic acids is 1. The molecule has 0 aromatic heterocycles. The fourth-order valence-electron chi connectivity index (χ4n) is 2.01. The fourth-order valence-corrected chi connectivity index (χ4v) is 3.47. The molecule has 2 aromatic carbocycles. The van der Waals surface area contributed by atoms with E-state index in [0.29, 0.717) is 11.4 Å². The lowest BCUT2D eigenvalue weighted by Gasteiger charge is -2.13. The van der Waals surface area contributed by atoms with Gasteiger partial charge in [0.2, 0.25) is 5.91 Å². The first-order valence-corrected chi connectivity index (χ1v) is 9.25. The minimum atomic E-state index is -3.80. The van der Waals surface area contributed by atoms with Gasteiger partial charge < -0.3 is 10.1 Å². The monoisotopic (exact) mass is 412 g/mol. The summed E-state index contributed by atoms with van der Waals surface area (Å²) in [5, 5.41) is 2.55. The van der Waals surface area contributed by atoms with Crippen molar-refractivity contribution in [3.63, 3.8) is 0 Å². The lowest BCUT2D eigenvalue weighted by molar-refractivity contribution is -0.114. The highest BCUT2D eigenvalue weighted by Gasteiger charge is 2.17. The number of aryl methyl sites for hydroxylation is 1. The molecule has 2 N–H and O–H groups in total. The predicted molar refractivity (Wildman–Crippen MR) is 97.0 cm³/mol. The van der Waals surface area contributed by atoms with Gasteiger partial charge in [-0.05, 0) is 42.8 Å². The number of hydrogen-bond donors (Lipinski definition) is 2. The van der Waals surface area contributed by atoms with Crippen LogP contribution in [0, 0.1) is 6.92 Å². The summed E-state index contributed by atoms with van der Waals surface area (Å²) in [6.07, 6.45) is 0. The number of anilines is 2. The summed E-state index contributed by atoms with van der Waals surface area (Å²) in [6.45, 7) is 3.24. The van der Waals surface area contributed by atoms with E-state index >= 15 is 0 Å². The molecule has 128 valence electrons. The third-order valence-corrected chi connectivity index (χ3v) is 5.45. The van der Waals surface area contributed by atoms with Gasteiger partial charge in [-0.2, -0.15) is 0 Å². The first kappa shape index (κ1) is 18.3. The van der Waals surface area contributed by atoms with Crippen molar-refractivity contribution in [1.82, 2.24) is 0 Å². The number of benzene rings is 2. The van der Waals surface area contributed by atoms with Gasteiger partial charge in [0.05, 0.1) is 17.7 Å². The Morgan fingerprint density at radius 2 is 1.88 bits per heavy atom. The lowest BCUT2D eigenvalue weighted by Crippen LogP contribution is -2.14. The van der Waals surface area contributed by atoms with E-state index in [2.05, 4.69) is 26.0 Å². The number of amides is 1. The molecule has 0 aliphatic rings. The molecular weight excluding hydrogens is 396 g/mol. The molecule has 0 bridgehead atoms. The maximum atomic E-state index is 12.6. The maximum absolute atomic E-state index is 12.6. The summed E-state index contributed by atoms with van der Waals surface area (Å²) < 4.78 is 33.5. The van der Waals surface area contributed by atoms with Gasteiger partial charge >= 0.3 is 0 Å². The number of sulfonamides is 1. The van der Waals surface area contributed by atoms with Crippen LogP contribution in [0.5, 0.6) is 5.75 Å². The van der Waals surface area contributed by atoms with Crippen molar-refractivity contribution in [3.05, 3.63) is 46.4 Å². The van der Waals surface area contributed by atoms with Crippen LogP contribution in [0.25, 0.3) is 0 Å². The average Bonchev–Trinajstić information content (AvgIpc) is 2.50. The predicted octanol–water partition coefficient (Wildman–Crippen LogP) is 3.53. The van der Waals surface area contributed by atoms with E-state index in [4.69, 9.17) is 4.74 Å². The van der Waals surface area contributed by atoms with Gasteiger partial charge in [0.1, 0.15) is 5.75 Å². The first-order valence-electron chi connectivity index (χ1n) is 6.97. The third-order valence-electron chi connectivity index (χ3n) is 3.22. The van der Waals surface area contributed by atoms with Gasteiger partial charge in [0, 0.05) is 17.1 Å². The molecule has 0 aliphatic carbocycles. The van der Waals surface area contributed by atoms with Crippen LogP contribution in [0.4, 0.5) is 11.4 Å². The molecule has 1 amide bonds. The Labute approximate surface area is 149 Å². The van der Waals surface area contributed by atoms with Crippen molar-refractivity contribution in [2.75, 3.05) is 17.1 Å². The molecule has 2 rings (SSSR count). The number of ether oxygens (including phenoxy) is 1. The molecule has 0 radical (unpaired) electrons. The second kappa shape index (κ2) is 7.23. The molecule has 0 saturated heterocycles. The van der Waals surface area contributed by atoms with Crippen LogP contribution < -0.4 is 14.8 Å². The topological polar surface area (TPSA) is 84.5 Å². The summed E-state index contributed by atoms with van der Waals surface area (Å²) in [5.41, 5.74) is 1.72. The van der Waals surface area contributed by atoms with Crippen LogP contribution in [0.1, 0.15) is 12.5 Å². The molecule has 24 heavy (non-hydrogen) atoms. The summed E-state index contributed by atoms with van der Waals surface area (Å²) >= 11 is 3.37. The van der Waals surface area contributed by atoms with E-state index in [1.807, 2.05) is 6.92 Å². The third kappa shape index (κ3) is 4.27. The van der Waals surface area contributed by atoms with E-state index in [0.717, 1.165) is 10.0 Å². The molecular formula is C16H17BrN2O4S. The summed E-state index contributed by atoms with van der Waals surface area (Å²) in [7, 11) is -2.36. The number of hydrogen-bond acceptors (Lipinski definition) is 4. The van der Waals surface area contributed by atoms with Crippen LogP contribution in [-0.4, -0.2) is 21.4 Å². The van der Waals surface area contributed by atoms with Gasteiger partial charge in [-0.15, -0.1) is 0 Å². The minimum Gasteiger partial charge on any atom is -0.495 e. The molecule has 2 aromatic rings. The number of rotatable bonds is 5. The second-order valence-electron chi connectivity index (χ2n) is 5.11. The Hall–Kier alpha value is -2.06. The van der Waals surface area contributed by atoms with E-state index in [1.54, 1.807) is 18.2 Å². The molecule has 0 atom stereocenters. The second-order valence-corrected chi connectivity index (χ2v) is 7.65. The van der Waals surface area contributed by atoms with Crippen LogP contribution >= 0.6 is 15.9 Å². The van der Waals surface area contributed by atoms with E-state index in [1.165, 1.54) is 32.2 Å². The molecule has 0 fully saturated rings. The first-order chi connectivity index (χ1) is 11.2. The maximum Gasteiger partial charge on any atom is 0.261 e. The van der Waals surface area contributed by atoms with E-state index in [-0.39, 0.29) is 16.5 Å². The summed E-state index contributed by atoms with van der Waals surface area (Å²) in [6, 6.07) is 9.42. The molecule has 6 nitrogen and oxygen atoms in total. The van der Waals surface area contributed by atoms with E-state index in [9.17, 15) is 13.2 Å². The van der Waals surface area contributed by atoms with Crippen LogP contribution in [0.15, 0.2) is 45.8 Å². The fraction of sp³-hybridized carbons (Fsp3) is 0.188. The van der Waals surface area contributed by atoms with Crippen molar-refractivity contribution in [2.45, 2.75) is 18.7 Å². The minimum absolute atomic E-state index is 0.0174. The SMILES string of the molecule is COc1ccc(S(=O)(=O)Nc2ccc(C)c(Br)c2)cc1NC(C)=O. The molecule has 0 heterocycles. The zero-order valence-corrected chi connectivity index (χ0v) is 15.8. The Bertz CT molecular complexity index is 882. The van der Waals surface area contributed by atoms with Crippen LogP contribution in [0.3, 0.4) is 0 Å². The number of carbonyl (C=O) groups is 1. The number of methoxy groups -OCH3 is 1. The standard InChI is InChI=1S/C16H17BrN2O4S/c1-10-4-5-12(8-14(10)17)19-24(21,22)13-6-7-16(23-3)15(9-13)18-11(2)20/h4-9,19H,1-3H3,(H,18,20). The van der Waals surface area contributed by atoms with Crippen molar-refractivity contribution < 1.29 is 17.9 Å². The summed E-state index contributed by atoms with van der Waals surface area (Å²) in [5.74, 6) is 0.0560. The highest BCUT2D eigenvalue weighted by atomic mass is 79.9. The molecule has 0 saturated carbocycles. The van der Waals surface area contributed by atoms with Crippen molar-refractivity contribution in [1.29, 1.82) is 0 Å². The Morgan fingerprint density at radius 3 is 2.46 bits per heavy atom. The van der Waals surface area contributed by atoms with Gasteiger partial charge in [0.25, 0.3) is 10.0 Å². The van der Waals surface area contributed by atoms with Crippen molar-refractivity contribution in [2.24, 2.45) is 0 Å². The number of nitrogens with one attached hydrogen (secondary N) is 2. The zero-order chi connectivity index (χ0) is 17.9. The smallest absolute Gasteiger partial charge is 0.261 e. The quantitative estimate of drug-likeness (QED) is 0.786. The van der Waals surface area contributed by atoms with E-state index < -0.39 is 10.0 Å². The Morgan fingerprint density at radius 1 is 1.17 bits per heavy atom.